The Morgan fingerprint density at radius 3 is 2.77 bits per heavy atom. The van der Waals surface area contributed by atoms with Gasteiger partial charge in [-0.3, -0.25) is 0 Å². The fourth-order valence-corrected chi connectivity index (χ4v) is 4.01. The van der Waals surface area contributed by atoms with Crippen LogP contribution in [-0.2, 0) is 6.42 Å². The van der Waals surface area contributed by atoms with Gasteiger partial charge in [-0.05, 0) is 25.3 Å². The molecule has 0 radical (unpaired) electrons. The zero-order chi connectivity index (χ0) is 15.9. The Morgan fingerprint density at radius 1 is 1.36 bits per heavy atom. The largest absolute Gasteiger partial charge is 0.393 e. The molecule has 1 fully saturated rings. The topological polar surface area (TPSA) is 49.2 Å². The number of hydrogen-bond donors (Lipinski definition) is 1. The lowest BCUT2D eigenvalue weighted by Gasteiger charge is -2.28. The van der Waals surface area contributed by atoms with E-state index in [9.17, 15) is 18.3 Å². The SMILES string of the molecule is CN(c1ncnc2sc(CC(F)(F)F)cc12)C1CCCC1O. The summed E-state index contributed by atoms with van der Waals surface area (Å²) in [5.74, 6) is 0.584. The lowest BCUT2D eigenvalue weighted by molar-refractivity contribution is -0.126. The minimum Gasteiger partial charge on any atom is -0.391 e. The fourth-order valence-electron chi connectivity index (χ4n) is 2.99. The molecule has 1 aliphatic rings. The van der Waals surface area contributed by atoms with E-state index in [0.717, 1.165) is 30.6 Å². The number of anilines is 1. The fraction of sp³-hybridized carbons (Fsp3) is 0.571. The zero-order valence-electron chi connectivity index (χ0n) is 12.0. The molecule has 0 spiro atoms. The van der Waals surface area contributed by atoms with Gasteiger partial charge in [0.05, 0.1) is 24.0 Å². The van der Waals surface area contributed by atoms with E-state index >= 15 is 0 Å². The third kappa shape index (κ3) is 3.03. The number of likely N-dealkylation sites (N-methyl/N-ethyl adjacent to an activating group) is 1. The summed E-state index contributed by atoms with van der Waals surface area (Å²) >= 11 is 1.04. The molecule has 0 saturated heterocycles. The molecule has 2 atom stereocenters. The van der Waals surface area contributed by atoms with Gasteiger partial charge in [-0.25, -0.2) is 9.97 Å². The quantitative estimate of drug-likeness (QED) is 0.939. The van der Waals surface area contributed by atoms with E-state index in [2.05, 4.69) is 9.97 Å². The molecule has 1 saturated carbocycles. The van der Waals surface area contributed by atoms with Gasteiger partial charge in [0.2, 0.25) is 0 Å². The van der Waals surface area contributed by atoms with Crippen LogP contribution in [0.4, 0.5) is 19.0 Å². The van der Waals surface area contributed by atoms with Crippen LogP contribution in [0.2, 0.25) is 0 Å². The monoisotopic (exact) mass is 331 g/mol. The first-order valence-electron chi connectivity index (χ1n) is 7.06. The molecule has 4 nitrogen and oxygen atoms in total. The third-order valence-corrected chi connectivity index (χ3v) is 5.05. The van der Waals surface area contributed by atoms with Gasteiger partial charge in [0.25, 0.3) is 0 Å². The maximum absolute atomic E-state index is 12.6. The van der Waals surface area contributed by atoms with Crippen molar-refractivity contribution < 1.29 is 18.3 Å². The molecule has 2 aromatic rings. The van der Waals surface area contributed by atoms with Gasteiger partial charge in [-0.1, -0.05) is 0 Å². The average Bonchev–Trinajstić information content (AvgIpc) is 3.00. The van der Waals surface area contributed by atoms with Crippen LogP contribution in [0.25, 0.3) is 10.2 Å². The Bertz CT molecular complexity index is 673. The summed E-state index contributed by atoms with van der Waals surface area (Å²) in [6, 6.07) is 1.46. The van der Waals surface area contributed by atoms with Crippen molar-refractivity contribution in [2.24, 2.45) is 0 Å². The molecule has 2 unspecified atom stereocenters. The molecule has 0 aliphatic heterocycles. The van der Waals surface area contributed by atoms with Crippen molar-refractivity contribution in [1.29, 1.82) is 0 Å². The Kier molecular flexibility index (Phi) is 3.98. The normalized spacial score (nSPS) is 22.4. The van der Waals surface area contributed by atoms with Crippen LogP contribution in [0.3, 0.4) is 0 Å². The molecule has 0 amide bonds. The number of nitrogens with zero attached hydrogens (tertiary/aromatic N) is 3. The van der Waals surface area contributed by atoms with E-state index in [0.29, 0.717) is 16.0 Å². The van der Waals surface area contributed by atoms with Crippen molar-refractivity contribution in [2.45, 2.75) is 44.0 Å². The molecule has 8 heteroatoms. The molecular formula is C14H16F3N3OS. The minimum atomic E-state index is -4.23. The van der Waals surface area contributed by atoms with E-state index in [4.69, 9.17) is 0 Å². The van der Waals surface area contributed by atoms with Crippen LogP contribution in [0.5, 0.6) is 0 Å². The molecular weight excluding hydrogens is 315 g/mol. The molecule has 120 valence electrons. The predicted octanol–water partition coefficient (Wildman–Crippen LogP) is 3.15. The summed E-state index contributed by atoms with van der Waals surface area (Å²) in [5, 5.41) is 10.6. The van der Waals surface area contributed by atoms with Crippen LogP contribution >= 0.6 is 11.3 Å². The summed E-state index contributed by atoms with van der Waals surface area (Å²) in [6.45, 7) is 0. The highest BCUT2D eigenvalue weighted by atomic mass is 32.1. The Hall–Kier alpha value is -1.41. The van der Waals surface area contributed by atoms with E-state index in [1.807, 2.05) is 11.9 Å². The van der Waals surface area contributed by atoms with Gasteiger partial charge in [-0.15, -0.1) is 11.3 Å². The highest BCUT2D eigenvalue weighted by Gasteiger charge is 2.32. The number of fused-ring (bicyclic) bond motifs is 1. The molecule has 0 aromatic carbocycles. The Labute approximate surface area is 129 Å². The van der Waals surface area contributed by atoms with Crippen LogP contribution in [0, 0.1) is 0 Å². The molecule has 2 heterocycles. The maximum Gasteiger partial charge on any atom is 0.393 e. The predicted molar refractivity (Wildman–Crippen MR) is 79.2 cm³/mol. The highest BCUT2D eigenvalue weighted by Crippen LogP contribution is 2.35. The second-order valence-corrected chi connectivity index (χ2v) is 6.71. The van der Waals surface area contributed by atoms with E-state index in [1.165, 1.54) is 12.4 Å². The number of rotatable bonds is 3. The van der Waals surface area contributed by atoms with Gasteiger partial charge in [0.15, 0.2) is 0 Å². The van der Waals surface area contributed by atoms with Crippen molar-refractivity contribution in [1.82, 2.24) is 9.97 Å². The number of aliphatic hydroxyl groups is 1. The second-order valence-electron chi connectivity index (χ2n) is 5.60. The number of aliphatic hydroxyl groups excluding tert-OH is 1. The number of hydrogen-bond acceptors (Lipinski definition) is 5. The Balaban J connectivity index is 1.96. The average molecular weight is 331 g/mol. The molecule has 1 aliphatic carbocycles. The maximum atomic E-state index is 12.6. The summed E-state index contributed by atoms with van der Waals surface area (Å²) in [4.78, 5) is 10.9. The molecule has 1 N–H and O–H groups in total. The van der Waals surface area contributed by atoms with E-state index in [-0.39, 0.29) is 10.9 Å². The van der Waals surface area contributed by atoms with Crippen molar-refractivity contribution >= 4 is 27.4 Å². The van der Waals surface area contributed by atoms with Gasteiger partial charge in [0, 0.05) is 11.9 Å². The molecule has 22 heavy (non-hydrogen) atoms. The van der Waals surface area contributed by atoms with Crippen LogP contribution in [-0.4, -0.2) is 40.4 Å². The van der Waals surface area contributed by atoms with Crippen molar-refractivity contribution in [3.63, 3.8) is 0 Å². The third-order valence-electron chi connectivity index (χ3n) is 4.01. The lowest BCUT2D eigenvalue weighted by atomic mass is 10.2. The van der Waals surface area contributed by atoms with Crippen molar-refractivity contribution in [3.05, 3.63) is 17.3 Å². The number of thiophene rings is 1. The van der Waals surface area contributed by atoms with Gasteiger partial charge in [0.1, 0.15) is 17.0 Å². The number of aromatic nitrogens is 2. The first-order chi connectivity index (χ1) is 10.3. The van der Waals surface area contributed by atoms with Crippen molar-refractivity contribution in [2.75, 3.05) is 11.9 Å². The minimum absolute atomic E-state index is 0.0518. The van der Waals surface area contributed by atoms with Crippen molar-refractivity contribution in [3.8, 4) is 0 Å². The molecule has 2 aromatic heterocycles. The Morgan fingerprint density at radius 2 is 2.14 bits per heavy atom. The number of halogens is 3. The van der Waals surface area contributed by atoms with Crippen LogP contribution in [0.15, 0.2) is 12.4 Å². The van der Waals surface area contributed by atoms with E-state index < -0.39 is 18.7 Å². The first-order valence-corrected chi connectivity index (χ1v) is 7.88. The summed E-state index contributed by atoms with van der Waals surface area (Å²) in [7, 11) is 1.82. The van der Waals surface area contributed by atoms with Crippen LogP contribution in [0.1, 0.15) is 24.1 Å². The standard InChI is InChI=1S/C14H16F3N3OS/c1-20(10-3-2-4-11(10)21)12-9-5-8(6-14(15,16)17)22-13(9)19-7-18-12/h5,7,10-11,21H,2-4,6H2,1H3. The van der Waals surface area contributed by atoms with Crippen LogP contribution < -0.4 is 4.90 Å². The van der Waals surface area contributed by atoms with Gasteiger partial charge < -0.3 is 10.0 Å². The van der Waals surface area contributed by atoms with E-state index in [1.54, 1.807) is 0 Å². The number of alkyl halides is 3. The summed E-state index contributed by atoms with van der Waals surface area (Å²) in [6.07, 6.45) is -1.72. The smallest absolute Gasteiger partial charge is 0.391 e. The molecule has 0 bridgehead atoms. The molecule has 3 rings (SSSR count). The zero-order valence-corrected chi connectivity index (χ0v) is 12.8. The van der Waals surface area contributed by atoms with Gasteiger partial charge in [-0.2, -0.15) is 13.2 Å². The van der Waals surface area contributed by atoms with Gasteiger partial charge >= 0.3 is 6.18 Å². The lowest BCUT2D eigenvalue weighted by Crippen LogP contribution is -2.38. The second kappa shape index (κ2) is 5.66. The highest BCUT2D eigenvalue weighted by molar-refractivity contribution is 7.18. The summed E-state index contributed by atoms with van der Waals surface area (Å²) < 4.78 is 37.7. The summed E-state index contributed by atoms with van der Waals surface area (Å²) in [5.41, 5.74) is 0. The first kappa shape index (κ1) is 15.5.